The number of carboxylic acid groups (broad SMARTS) is 1. The summed E-state index contributed by atoms with van der Waals surface area (Å²) in [6.07, 6.45) is 10.4. The van der Waals surface area contributed by atoms with E-state index in [-0.39, 0.29) is 0 Å². The maximum absolute atomic E-state index is 11.3. The Morgan fingerprint density at radius 2 is 2.00 bits per heavy atom. The van der Waals surface area contributed by atoms with Crippen molar-refractivity contribution >= 4 is 16.9 Å². The number of hydrogen-bond donors (Lipinski definition) is 1. The standard InChI is InChI=1S/C20H27NO2/c1-14(2)18-13-21(11-10-15-6-4-3-5-7-15)19-9-8-16(20(22)23)12-17(18)19/h8-9,12-15H,3-7,10-11H2,1-2H3,(H,22,23). The SMILES string of the molecule is CC(C)c1cn(CCC2CCCCC2)c2ccc(C(=O)O)cc12. The van der Waals surface area contributed by atoms with E-state index in [2.05, 4.69) is 24.6 Å². The molecule has 1 aliphatic carbocycles. The van der Waals surface area contributed by atoms with Crippen LogP contribution in [0.1, 0.15) is 74.2 Å². The lowest BCUT2D eigenvalue weighted by Gasteiger charge is -2.21. The molecule has 124 valence electrons. The molecular weight excluding hydrogens is 286 g/mol. The van der Waals surface area contributed by atoms with Crippen LogP contribution in [0.5, 0.6) is 0 Å². The maximum Gasteiger partial charge on any atom is 0.335 e. The largest absolute Gasteiger partial charge is 0.478 e. The summed E-state index contributed by atoms with van der Waals surface area (Å²) in [7, 11) is 0. The first-order valence-corrected chi connectivity index (χ1v) is 8.92. The molecule has 0 aliphatic heterocycles. The van der Waals surface area contributed by atoms with Crippen molar-refractivity contribution in [2.45, 2.75) is 64.8 Å². The van der Waals surface area contributed by atoms with Gasteiger partial charge in [-0.3, -0.25) is 0 Å². The number of fused-ring (bicyclic) bond motifs is 1. The van der Waals surface area contributed by atoms with Crippen LogP contribution in [0.4, 0.5) is 0 Å². The summed E-state index contributed by atoms with van der Waals surface area (Å²) in [6.45, 7) is 5.39. The van der Waals surface area contributed by atoms with Crippen LogP contribution in [-0.4, -0.2) is 15.6 Å². The van der Waals surface area contributed by atoms with Gasteiger partial charge in [-0.2, -0.15) is 0 Å². The predicted molar refractivity (Wildman–Crippen MR) is 94.2 cm³/mol. The fourth-order valence-electron chi connectivity index (χ4n) is 3.90. The van der Waals surface area contributed by atoms with E-state index in [0.717, 1.165) is 17.8 Å². The molecule has 3 heteroatoms. The number of carbonyl (C=O) groups is 1. The molecule has 0 saturated heterocycles. The monoisotopic (exact) mass is 313 g/mol. The molecule has 0 bridgehead atoms. The van der Waals surface area contributed by atoms with Gasteiger partial charge in [0.25, 0.3) is 0 Å². The van der Waals surface area contributed by atoms with Crippen LogP contribution in [0, 0.1) is 5.92 Å². The van der Waals surface area contributed by atoms with Crippen LogP contribution in [0.25, 0.3) is 10.9 Å². The molecule has 3 rings (SSSR count). The summed E-state index contributed by atoms with van der Waals surface area (Å²) >= 11 is 0. The number of hydrogen-bond acceptors (Lipinski definition) is 1. The Morgan fingerprint density at radius 3 is 2.65 bits per heavy atom. The van der Waals surface area contributed by atoms with Crippen molar-refractivity contribution in [2.75, 3.05) is 0 Å². The van der Waals surface area contributed by atoms with Gasteiger partial charge in [0, 0.05) is 23.6 Å². The van der Waals surface area contributed by atoms with Crippen molar-refractivity contribution in [1.82, 2.24) is 4.57 Å². The third-order valence-corrected chi connectivity index (χ3v) is 5.28. The minimum atomic E-state index is -0.850. The average Bonchev–Trinajstić information content (AvgIpc) is 2.92. The van der Waals surface area contributed by atoms with Gasteiger partial charge in [-0.25, -0.2) is 4.79 Å². The first-order chi connectivity index (χ1) is 11.1. The Bertz CT molecular complexity index is 693. The Morgan fingerprint density at radius 1 is 1.26 bits per heavy atom. The highest BCUT2D eigenvalue weighted by molar-refractivity contribution is 5.95. The Labute approximate surface area is 138 Å². The summed E-state index contributed by atoms with van der Waals surface area (Å²) in [5, 5.41) is 10.3. The molecule has 1 N–H and O–H groups in total. The van der Waals surface area contributed by atoms with E-state index in [9.17, 15) is 9.90 Å². The van der Waals surface area contributed by atoms with Gasteiger partial charge in [0.15, 0.2) is 0 Å². The minimum absolute atomic E-state index is 0.379. The van der Waals surface area contributed by atoms with Crippen molar-refractivity contribution in [1.29, 1.82) is 0 Å². The van der Waals surface area contributed by atoms with Gasteiger partial charge in [-0.1, -0.05) is 46.0 Å². The van der Waals surface area contributed by atoms with Crippen LogP contribution in [0.3, 0.4) is 0 Å². The molecule has 1 fully saturated rings. The second-order valence-corrected chi connectivity index (χ2v) is 7.26. The lowest BCUT2D eigenvalue weighted by Crippen LogP contribution is -2.09. The van der Waals surface area contributed by atoms with Crippen LogP contribution in [0.2, 0.25) is 0 Å². The molecule has 23 heavy (non-hydrogen) atoms. The van der Waals surface area contributed by atoms with Gasteiger partial charge >= 0.3 is 5.97 Å². The number of aromatic carboxylic acids is 1. The normalized spacial score (nSPS) is 16.3. The quantitative estimate of drug-likeness (QED) is 0.799. The second-order valence-electron chi connectivity index (χ2n) is 7.26. The lowest BCUT2D eigenvalue weighted by atomic mass is 9.87. The smallest absolute Gasteiger partial charge is 0.335 e. The molecule has 1 aromatic heterocycles. The van der Waals surface area contributed by atoms with Crippen LogP contribution in [0.15, 0.2) is 24.4 Å². The molecular formula is C20H27NO2. The van der Waals surface area contributed by atoms with Crippen LogP contribution < -0.4 is 0 Å². The maximum atomic E-state index is 11.3. The van der Waals surface area contributed by atoms with Gasteiger partial charge in [-0.15, -0.1) is 0 Å². The first-order valence-electron chi connectivity index (χ1n) is 8.92. The van der Waals surface area contributed by atoms with Gasteiger partial charge in [0.1, 0.15) is 0 Å². The van der Waals surface area contributed by atoms with Crippen molar-refractivity contribution in [3.05, 3.63) is 35.5 Å². The van der Waals surface area contributed by atoms with Gasteiger partial charge in [-0.05, 0) is 42.0 Å². The summed E-state index contributed by atoms with van der Waals surface area (Å²) in [6, 6.07) is 5.54. The molecule has 0 radical (unpaired) electrons. The van der Waals surface area contributed by atoms with Gasteiger partial charge in [0.05, 0.1) is 5.56 Å². The fraction of sp³-hybridized carbons (Fsp3) is 0.550. The van der Waals surface area contributed by atoms with Crippen molar-refractivity contribution in [3.8, 4) is 0 Å². The van der Waals surface area contributed by atoms with E-state index in [1.807, 2.05) is 12.1 Å². The van der Waals surface area contributed by atoms with Gasteiger partial charge in [0.2, 0.25) is 0 Å². The van der Waals surface area contributed by atoms with E-state index < -0.39 is 5.97 Å². The molecule has 0 spiro atoms. The predicted octanol–water partition coefficient (Wildman–Crippen LogP) is 5.43. The highest BCUT2D eigenvalue weighted by Gasteiger charge is 2.16. The fourth-order valence-corrected chi connectivity index (χ4v) is 3.90. The third kappa shape index (κ3) is 3.44. The summed E-state index contributed by atoms with van der Waals surface area (Å²) in [4.78, 5) is 11.3. The Hall–Kier alpha value is -1.77. The number of rotatable bonds is 5. The van der Waals surface area contributed by atoms with Crippen molar-refractivity contribution in [2.24, 2.45) is 5.92 Å². The van der Waals surface area contributed by atoms with E-state index >= 15 is 0 Å². The number of benzene rings is 1. The first kappa shape index (κ1) is 16.1. The van der Waals surface area contributed by atoms with E-state index in [1.165, 1.54) is 49.6 Å². The third-order valence-electron chi connectivity index (χ3n) is 5.28. The zero-order valence-electron chi connectivity index (χ0n) is 14.2. The Balaban J connectivity index is 1.88. The molecule has 1 heterocycles. The van der Waals surface area contributed by atoms with Gasteiger partial charge < -0.3 is 9.67 Å². The van der Waals surface area contributed by atoms with Crippen molar-refractivity contribution in [3.63, 3.8) is 0 Å². The van der Waals surface area contributed by atoms with E-state index in [4.69, 9.17) is 0 Å². The zero-order chi connectivity index (χ0) is 16.4. The molecule has 2 aromatic rings. The number of carboxylic acids is 1. The summed E-state index contributed by atoms with van der Waals surface area (Å²) in [5.41, 5.74) is 2.81. The average molecular weight is 313 g/mol. The van der Waals surface area contributed by atoms with E-state index in [1.54, 1.807) is 6.07 Å². The summed E-state index contributed by atoms with van der Waals surface area (Å²) < 4.78 is 2.34. The molecule has 0 atom stereocenters. The number of aryl methyl sites for hydroxylation is 1. The summed E-state index contributed by atoms with van der Waals surface area (Å²) in [5.74, 6) is 0.413. The lowest BCUT2D eigenvalue weighted by molar-refractivity contribution is 0.0697. The number of aromatic nitrogens is 1. The highest BCUT2D eigenvalue weighted by atomic mass is 16.4. The minimum Gasteiger partial charge on any atom is -0.478 e. The Kier molecular flexibility index (Phi) is 4.74. The van der Waals surface area contributed by atoms with Crippen LogP contribution in [-0.2, 0) is 6.54 Å². The highest BCUT2D eigenvalue weighted by Crippen LogP contribution is 2.31. The second kappa shape index (κ2) is 6.77. The van der Waals surface area contributed by atoms with E-state index in [0.29, 0.717) is 11.5 Å². The zero-order valence-corrected chi connectivity index (χ0v) is 14.2. The molecule has 0 unspecified atom stereocenters. The molecule has 1 aromatic carbocycles. The van der Waals surface area contributed by atoms with Crippen molar-refractivity contribution < 1.29 is 9.90 Å². The topological polar surface area (TPSA) is 42.2 Å². The molecule has 1 aliphatic rings. The molecule has 0 amide bonds. The molecule has 3 nitrogen and oxygen atoms in total. The number of nitrogens with zero attached hydrogens (tertiary/aromatic N) is 1. The van der Waals surface area contributed by atoms with Crippen LogP contribution >= 0.6 is 0 Å². The molecule has 1 saturated carbocycles.